The average Bonchev–Trinajstić information content (AvgIpc) is 2.53. The lowest BCUT2D eigenvalue weighted by molar-refractivity contribution is 1.36. The van der Waals surface area contributed by atoms with Gasteiger partial charge in [0, 0.05) is 16.6 Å². The molecule has 1 heterocycles. The van der Waals surface area contributed by atoms with Gasteiger partial charge in [-0.3, -0.25) is 0 Å². The molecule has 2 rings (SSSR count). The van der Waals surface area contributed by atoms with Crippen LogP contribution in [0.5, 0.6) is 0 Å². The molecule has 1 aromatic carbocycles. The highest BCUT2D eigenvalue weighted by Gasteiger charge is 2.03. The maximum absolute atomic E-state index is 4.37. The minimum absolute atomic E-state index is 1.12. The molecule has 0 aliphatic carbocycles. The van der Waals surface area contributed by atoms with E-state index in [1.807, 2.05) is 6.20 Å². The first-order chi connectivity index (χ1) is 6.27. The molecule has 2 aromatic rings. The van der Waals surface area contributed by atoms with Gasteiger partial charge in [0.15, 0.2) is 0 Å². The van der Waals surface area contributed by atoms with E-state index in [4.69, 9.17) is 0 Å². The van der Waals surface area contributed by atoms with Gasteiger partial charge < -0.3 is 0 Å². The molecule has 0 N–H and O–H groups in total. The van der Waals surface area contributed by atoms with Crippen LogP contribution >= 0.6 is 11.3 Å². The normalized spacial score (nSPS) is 10.3. The van der Waals surface area contributed by atoms with E-state index < -0.39 is 0 Å². The van der Waals surface area contributed by atoms with Crippen LogP contribution in [-0.4, -0.2) is 4.98 Å². The van der Waals surface area contributed by atoms with Crippen molar-refractivity contribution < 1.29 is 0 Å². The van der Waals surface area contributed by atoms with Gasteiger partial charge in [0.05, 0.1) is 0 Å². The lowest BCUT2D eigenvalue weighted by atomic mass is 10.1. The summed E-state index contributed by atoms with van der Waals surface area (Å²) in [5, 5.41) is 1.12. The van der Waals surface area contributed by atoms with Crippen LogP contribution in [0.2, 0.25) is 0 Å². The molecule has 0 amide bonds. The number of nitrogens with zero attached hydrogens (tertiary/aromatic N) is 1. The van der Waals surface area contributed by atoms with E-state index in [-0.39, 0.29) is 0 Å². The molecule has 0 atom stereocenters. The number of aryl methyl sites for hydroxylation is 2. The number of hydrogen-bond acceptors (Lipinski definition) is 2. The van der Waals surface area contributed by atoms with E-state index >= 15 is 0 Å². The topological polar surface area (TPSA) is 12.9 Å². The first kappa shape index (κ1) is 8.45. The molecule has 0 bridgehead atoms. The number of benzene rings is 1. The fourth-order valence-electron chi connectivity index (χ4n) is 1.29. The second-order valence-electron chi connectivity index (χ2n) is 3.09. The molecule has 0 saturated heterocycles. The fourth-order valence-corrected chi connectivity index (χ4v) is 2.15. The molecule has 0 radical (unpaired) electrons. The lowest BCUT2D eigenvalue weighted by Crippen LogP contribution is -1.79. The molecule has 1 nitrogen and oxygen atoms in total. The zero-order valence-corrected chi connectivity index (χ0v) is 8.56. The van der Waals surface area contributed by atoms with Crippen molar-refractivity contribution in [2.75, 3.05) is 0 Å². The van der Waals surface area contributed by atoms with Crippen LogP contribution in [0.3, 0.4) is 0 Å². The molecular formula is C11H11NS. The van der Waals surface area contributed by atoms with Crippen molar-refractivity contribution in [1.29, 1.82) is 0 Å². The Labute approximate surface area is 82.1 Å². The first-order valence-corrected chi connectivity index (χ1v) is 5.07. The third kappa shape index (κ3) is 1.63. The van der Waals surface area contributed by atoms with Gasteiger partial charge in [-0.05, 0) is 19.4 Å². The molecule has 0 aliphatic rings. The van der Waals surface area contributed by atoms with Crippen molar-refractivity contribution in [3.05, 3.63) is 40.9 Å². The van der Waals surface area contributed by atoms with Crippen LogP contribution in [0, 0.1) is 13.8 Å². The molecule has 66 valence electrons. The Morgan fingerprint density at radius 2 is 1.92 bits per heavy atom. The second kappa shape index (κ2) is 3.30. The number of rotatable bonds is 1. The third-order valence-corrected chi connectivity index (χ3v) is 2.94. The summed E-state index contributed by atoms with van der Waals surface area (Å²) < 4.78 is 0. The Hall–Kier alpha value is -1.15. The SMILES string of the molecule is Cc1cnc(-c2ccccc2C)s1. The molecule has 0 spiro atoms. The van der Waals surface area contributed by atoms with Gasteiger partial charge in [-0.2, -0.15) is 0 Å². The summed E-state index contributed by atoms with van der Waals surface area (Å²) in [5.41, 5.74) is 2.54. The summed E-state index contributed by atoms with van der Waals surface area (Å²) >= 11 is 1.74. The zero-order valence-electron chi connectivity index (χ0n) is 7.74. The fraction of sp³-hybridized carbons (Fsp3) is 0.182. The molecular weight excluding hydrogens is 178 g/mol. The van der Waals surface area contributed by atoms with Crippen molar-refractivity contribution in [1.82, 2.24) is 4.98 Å². The first-order valence-electron chi connectivity index (χ1n) is 4.26. The minimum atomic E-state index is 1.12. The largest absolute Gasteiger partial charge is 0.244 e. The van der Waals surface area contributed by atoms with Gasteiger partial charge in [0.2, 0.25) is 0 Å². The highest BCUT2D eigenvalue weighted by Crippen LogP contribution is 2.26. The Morgan fingerprint density at radius 1 is 1.15 bits per heavy atom. The van der Waals surface area contributed by atoms with Crippen LogP contribution in [0.25, 0.3) is 10.6 Å². The second-order valence-corrected chi connectivity index (χ2v) is 4.33. The molecule has 0 fully saturated rings. The van der Waals surface area contributed by atoms with Crippen LogP contribution in [0.4, 0.5) is 0 Å². The van der Waals surface area contributed by atoms with Gasteiger partial charge in [-0.25, -0.2) is 4.98 Å². The Kier molecular flexibility index (Phi) is 2.15. The summed E-state index contributed by atoms with van der Waals surface area (Å²) in [6.07, 6.45) is 1.92. The van der Waals surface area contributed by atoms with Crippen LogP contribution in [0.15, 0.2) is 30.5 Å². The van der Waals surface area contributed by atoms with Crippen molar-refractivity contribution in [2.45, 2.75) is 13.8 Å². The quantitative estimate of drug-likeness (QED) is 0.669. The van der Waals surface area contributed by atoms with Crippen LogP contribution in [0.1, 0.15) is 10.4 Å². The summed E-state index contributed by atoms with van der Waals surface area (Å²) in [4.78, 5) is 5.63. The Bertz CT molecular complexity index is 418. The molecule has 13 heavy (non-hydrogen) atoms. The van der Waals surface area contributed by atoms with Gasteiger partial charge in [-0.1, -0.05) is 24.3 Å². The molecule has 0 unspecified atom stereocenters. The predicted octanol–water partition coefficient (Wildman–Crippen LogP) is 3.43. The number of thiazole rings is 1. The van der Waals surface area contributed by atoms with Gasteiger partial charge in [0.25, 0.3) is 0 Å². The van der Waals surface area contributed by atoms with Crippen molar-refractivity contribution in [2.24, 2.45) is 0 Å². The molecule has 1 aromatic heterocycles. The third-order valence-electron chi connectivity index (χ3n) is 2.00. The predicted molar refractivity (Wildman–Crippen MR) is 57.0 cm³/mol. The van der Waals surface area contributed by atoms with E-state index in [1.54, 1.807) is 11.3 Å². The van der Waals surface area contributed by atoms with E-state index in [0.29, 0.717) is 0 Å². The summed E-state index contributed by atoms with van der Waals surface area (Å²) in [5.74, 6) is 0. The summed E-state index contributed by atoms with van der Waals surface area (Å²) in [7, 11) is 0. The van der Waals surface area contributed by atoms with E-state index in [9.17, 15) is 0 Å². The number of aromatic nitrogens is 1. The van der Waals surface area contributed by atoms with Crippen molar-refractivity contribution >= 4 is 11.3 Å². The lowest BCUT2D eigenvalue weighted by Gasteiger charge is -1.99. The van der Waals surface area contributed by atoms with E-state index in [2.05, 4.69) is 43.1 Å². The maximum atomic E-state index is 4.37. The molecule has 2 heteroatoms. The average molecular weight is 189 g/mol. The van der Waals surface area contributed by atoms with Gasteiger partial charge in [0.1, 0.15) is 5.01 Å². The standard InChI is InChI=1S/C11H11NS/c1-8-5-3-4-6-10(8)11-12-7-9(2)13-11/h3-7H,1-2H3. The molecule has 0 aliphatic heterocycles. The van der Waals surface area contributed by atoms with E-state index in [0.717, 1.165) is 5.01 Å². The number of hydrogen-bond donors (Lipinski definition) is 0. The highest BCUT2D eigenvalue weighted by atomic mass is 32.1. The molecule has 0 saturated carbocycles. The highest BCUT2D eigenvalue weighted by molar-refractivity contribution is 7.14. The summed E-state index contributed by atoms with van der Waals surface area (Å²) in [6, 6.07) is 8.35. The monoisotopic (exact) mass is 189 g/mol. The van der Waals surface area contributed by atoms with Crippen LogP contribution in [-0.2, 0) is 0 Å². The van der Waals surface area contributed by atoms with Crippen LogP contribution < -0.4 is 0 Å². The van der Waals surface area contributed by atoms with Crippen molar-refractivity contribution in [3.63, 3.8) is 0 Å². The maximum Gasteiger partial charge on any atom is 0.123 e. The van der Waals surface area contributed by atoms with Gasteiger partial charge >= 0.3 is 0 Å². The minimum Gasteiger partial charge on any atom is -0.244 e. The van der Waals surface area contributed by atoms with Gasteiger partial charge in [-0.15, -0.1) is 11.3 Å². The summed E-state index contributed by atoms with van der Waals surface area (Å²) in [6.45, 7) is 4.20. The Morgan fingerprint density at radius 3 is 2.54 bits per heavy atom. The van der Waals surface area contributed by atoms with E-state index in [1.165, 1.54) is 16.0 Å². The smallest absolute Gasteiger partial charge is 0.123 e. The zero-order chi connectivity index (χ0) is 9.26. The Balaban J connectivity index is 2.52. The van der Waals surface area contributed by atoms with Crippen molar-refractivity contribution in [3.8, 4) is 10.6 Å².